The van der Waals surface area contributed by atoms with Crippen LogP contribution in [0.3, 0.4) is 0 Å². The summed E-state index contributed by atoms with van der Waals surface area (Å²) in [7, 11) is 1.56. The lowest BCUT2D eigenvalue weighted by molar-refractivity contribution is 0.413. The van der Waals surface area contributed by atoms with E-state index in [-0.39, 0.29) is 10.0 Å². The van der Waals surface area contributed by atoms with E-state index in [0.717, 1.165) is 5.56 Å². The summed E-state index contributed by atoms with van der Waals surface area (Å²) >= 11 is 3.11. The number of hydrogen-bond donors (Lipinski definition) is 1. The van der Waals surface area contributed by atoms with Crippen molar-refractivity contribution in [2.75, 3.05) is 13.7 Å². The van der Waals surface area contributed by atoms with Crippen molar-refractivity contribution in [2.24, 2.45) is 0 Å². The molecule has 2 aromatic rings. The molecule has 112 valence electrons. The maximum Gasteiger partial charge on any atom is 0.145 e. The van der Waals surface area contributed by atoms with Crippen molar-refractivity contribution < 1.29 is 13.5 Å². The summed E-state index contributed by atoms with van der Waals surface area (Å²) in [6.07, 6.45) is 0. The van der Waals surface area contributed by atoms with Gasteiger partial charge in [0.25, 0.3) is 0 Å². The monoisotopic (exact) mass is 355 g/mol. The molecule has 0 amide bonds. The predicted molar refractivity (Wildman–Crippen MR) is 82.6 cm³/mol. The normalized spacial score (nSPS) is 12.2. The smallest absolute Gasteiger partial charge is 0.145 e. The van der Waals surface area contributed by atoms with Crippen LogP contribution in [0.4, 0.5) is 8.78 Å². The van der Waals surface area contributed by atoms with Gasteiger partial charge in [0, 0.05) is 5.56 Å². The van der Waals surface area contributed by atoms with Crippen LogP contribution in [0.15, 0.2) is 40.9 Å². The lowest BCUT2D eigenvalue weighted by Gasteiger charge is -2.21. The minimum absolute atomic E-state index is 0.000483. The molecule has 1 N–H and O–H groups in total. The Hall–Kier alpha value is -1.46. The van der Waals surface area contributed by atoms with Crippen molar-refractivity contribution in [1.29, 1.82) is 0 Å². The van der Waals surface area contributed by atoms with E-state index in [1.165, 1.54) is 12.1 Å². The van der Waals surface area contributed by atoms with Crippen LogP contribution in [0.1, 0.15) is 24.1 Å². The minimum Gasteiger partial charge on any atom is -0.497 e. The van der Waals surface area contributed by atoms with Crippen molar-refractivity contribution in [3.63, 3.8) is 0 Å². The summed E-state index contributed by atoms with van der Waals surface area (Å²) in [5.74, 6) is -0.528. The first-order valence-electron chi connectivity index (χ1n) is 6.59. The van der Waals surface area contributed by atoms with Gasteiger partial charge in [-0.2, -0.15) is 0 Å². The largest absolute Gasteiger partial charge is 0.497 e. The van der Waals surface area contributed by atoms with Gasteiger partial charge in [0.1, 0.15) is 17.4 Å². The number of methoxy groups -OCH3 is 1. The Balaban J connectivity index is 2.55. The van der Waals surface area contributed by atoms with Crippen molar-refractivity contribution in [3.8, 4) is 5.75 Å². The van der Waals surface area contributed by atoms with Crippen LogP contribution in [0.2, 0.25) is 0 Å². The topological polar surface area (TPSA) is 21.3 Å². The molecule has 2 nitrogen and oxygen atoms in total. The molecule has 0 spiro atoms. The minimum atomic E-state index is -0.594. The lowest BCUT2D eigenvalue weighted by Crippen LogP contribution is -2.24. The van der Waals surface area contributed by atoms with E-state index in [9.17, 15) is 8.78 Å². The van der Waals surface area contributed by atoms with Crippen LogP contribution < -0.4 is 10.1 Å². The molecule has 1 atom stereocenters. The predicted octanol–water partition coefficient (Wildman–Crippen LogP) is 4.43. The van der Waals surface area contributed by atoms with Crippen LogP contribution in [0, 0.1) is 11.6 Å². The summed E-state index contributed by atoms with van der Waals surface area (Å²) in [6.45, 7) is 2.47. The fourth-order valence-electron chi connectivity index (χ4n) is 2.22. The summed E-state index contributed by atoms with van der Waals surface area (Å²) in [5, 5.41) is 3.12. The Morgan fingerprint density at radius 1 is 1.24 bits per heavy atom. The Kier molecular flexibility index (Phi) is 5.31. The molecule has 5 heteroatoms. The zero-order valence-corrected chi connectivity index (χ0v) is 13.4. The summed E-state index contributed by atoms with van der Waals surface area (Å²) < 4.78 is 33.9. The number of halogens is 3. The molecule has 0 aliphatic rings. The van der Waals surface area contributed by atoms with Crippen LogP contribution in [-0.4, -0.2) is 13.7 Å². The van der Waals surface area contributed by atoms with Gasteiger partial charge in [0.05, 0.1) is 17.6 Å². The molecule has 2 aromatic carbocycles. The van der Waals surface area contributed by atoms with E-state index in [0.29, 0.717) is 12.3 Å². The number of hydrogen-bond acceptors (Lipinski definition) is 2. The van der Waals surface area contributed by atoms with E-state index in [1.807, 2.05) is 13.0 Å². The maximum atomic E-state index is 14.3. The molecule has 0 bridgehead atoms. The highest BCUT2D eigenvalue weighted by Gasteiger charge is 2.23. The van der Waals surface area contributed by atoms with Gasteiger partial charge in [-0.1, -0.05) is 19.1 Å². The average molecular weight is 356 g/mol. The number of benzene rings is 2. The second-order valence-corrected chi connectivity index (χ2v) is 5.38. The number of ether oxygens (including phenoxy) is 1. The average Bonchev–Trinajstić information content (AvgIpc) is 2.50. The lowest BCUT2D eigenvalue weighted by atomic mass is 9.97. The van der Waals surface area contributed by atoms with Crippen molar-refractivity contribution >= 4 is 15.9 Å². The van der Waals surface area contributed by atoms with E-state index in [4.69, 9.17) is 4.74 Å². The van der Waals surface area contributed by atoms with E-state index in [1.54, 1.807) is 25.3 Å². The van der Waals surface area contributed by atoms with Gasteiger partial charge < -0.3 is 10.1 Å². The standard InChI is InChI=1S/C16H16BrF2NO/c1-3-20-16(10-5-4-6-11(9-10)21-2)14-13(18)8-7-12(17)15(14)19/h4-9,16,20H,3H2,1-2H3. The molecule has 2 rings (SSSR count). The van der Waals surface area contributed by atoms with E-state index in [2.05, 4.69) is 21.2 Å². The van der Waals surface area contributed by atoms with Crippen molar-refractivity contribution in [1.82, 2.24) is 5.32 Å². The van der Waals surface area contributed by atoms with Gasteiger partial charge in [-0.15, -0.1) is 0 Å². The van der Waals surface area contributed by atoms with Crippen LogP contribution in [0.5, 0.6) is 5.75 Å². The third kappa shape index (κ3) is 3.41. The highest BCUT2D eigenvalue weighted by Crippen LogP contribution is 2.32. The van der Waals surface area contributed by atoms with Gasteiger partial charge in [0.15, 0.2) is 0 Å². The molecule has 21 heavy (non-hydrogen) atoms. The van der Waals surface area contributed by atoms with Crippen LogP contribution in [-0.2, 0) is 0 Å². The van der Waals surface area contributed by atoms with Gasteiger partial charge in [-0.25, -0.2) is 8.78 Å². The van der Waals surface area contributed by atoms with E-state index >= 15 is 0 Å². The molecule has 1 unspecified atom stereocenters. The zero-order chi connectivity index (χ0) is 15.4. The summed E-state index contributed by atoms with van der Waals surface area (Å²) in [4.78, 5) is 0. The first kappa shape index (κ1) is 15.9. The molecule has 0 aliphatic heterocycles. The quantitative estimate of drug-likeness (QED) is 0.800. The fourth-order valence-corrected chi connectivity index (χ4v) is 2.56. The van der Waals surface area contributed by atoms with Gasteiger partial charge in [0.2, 0.25) is 0 Å². The Morgan fingerprint density at radius 3 is 2.67 bits per heavy atom. The summed E-state index contributed by atoms with van der Waals surface area (Å²) in [5.41, 5.74) is 0.742. The second kappa shape index (κ2) is 7.00. The molecule has 0 saturated carbocycles. The van der Waals surface area contributed by atoms with Crippen molar-refractivity contribution in [3.05, 3.63) is 63.6 Å². The SMILES string of the molecule is CCNC(c1cccc(OC)c1)c1c(F)ccc(Br)c1F. The van der Waals surface area contributed by atoms with Crippen LogP contribution >= 0.6 is 15.9 Å². The molecule has 0 radical (unpaired) electrons. The second-order valence-electron chi connectivity index (χ2n) is 4.52. The fraction of sp³-hybridized carbons (Fsp3) is 0.250. The Bertz CT molecular complexity index is 634. The van der Waals surface area contributed by atoms with Gasteiger partial charge in [-0.05, 0) is 52.3 Å². The first-order chi connectivity index (χ1) is 10.1. The third-order valence-corrected chi connectivity index (χ3v) is 3.82. The zero-order valence-electron chi connectivity index (χ0n) is 11.8. The molecule has 0 aliphatic carbocycles. The molecular formula is C16H16BrF2NO. The van der Waals surface area contributed by atoms with Crippen molar-refractivity contribution in [2.45, 2.75) is 13.0 Å². The Labute approximate surface area is 131 Å². The molecule has 0 heterocycles. The molecule has 0 fully saturated rings. The van der Waals surface area contributed by atoms with Crippen LogP contribution in [0.25, 0.3) is 0 Å². The van der Waals surface area contributed by atoms with E-state index < -0.39 is 17.7 Å². The number of nitrogens with one attached hydrogen (secondary N) is 1. The third-order valence-electron chi connectivity index (χ3n) is 3.20. The number of rotatable bonds is 5. The molecule has 0 saturated heterocycles. The molecular weight excluding hydrogens is 340 g/mol. The highest BCUT2D eigenvalue weighted by molar-refractivity contribution is 9.10. The summed E-state index contributed by atoms with van der Waals surface area (Å²) in [6, 6.07) is 9.22. The Morgan fingerprint density at radius 2 is 2.00 bits per heavy atom. The first-order valence-corrected chi connectivity index (χ1v) is 7.38. The molecule has 0 aromatic heterocycles. The maximum absolute atomic E-state index is 14.3. The van der Waals surface area contributed by atoms with Gasteiger partial charge >= 0.3 is 0 Å². The van der Waals surface area contributed by atoms with Gasteiger partial charge in [-0.3, -0.25) is 0 Å². The highest BCUT2D eigenvalue weighted by atomic mass is 79.9.